The van der Waals surface area contributed by atoms with Gasteiger partial charge in [0, 0.05) is 12.7 Å². The molecule has 0 saturated heterocycles. The van der Waals surface area contributed by atoms with Gasteiger partial charge >= 0.3 is 0 Å². The number of anilines is 1. The van der Waals surface area contributed by atoms with Crippen LogP contribution in [0.2, 0.25) is 0 Å². The van der Waals surface area contributed by atoms with E-state index in [0.29, 0.717) is 17.2 Å². The highest BCUT2D eigenvalue weighted by molar-refractivity contribution is 5.57. The van der Waals surface area contributed by atoms with Crippen LogP contribution in [0.15, 0.2) is 12.1 Å². The molecular formula is C16H22N4O4. The van der Waals surface area contributed by atoms with Gasteiger partial charge in [-0.2, -0.15) is 4.98 Å². The number of rotatable bonds is 5. The second kappa shape index (κ2) is 6.56. The van der Waals surface area contributed by atoms with Crippen molar-refractivity contribution in [3.05, 3.63) is 23.5 Å². The number of nitrogens with two attached hydrogens (primary N) is 1. The zero-order valence-corrected chi connectivity index (χ0v) is 14.3. The molecular weight excluding hydrogens is 312 g/mol. The molecule has 24 heavy (non-hydrogen) atoms. The minimum Gasteiger partial charge on any atom is -0.493 e. The largest absolute Gasteiger partial charge is 0.493 e. The quantitative estimate of drug-likeness (QED) is 0.893. The molecule has 2 aromatic rings. The van der Waals surface area contributed by atoms with Gasteiger partial charge in [-0.25, -0.2) is 4.68 Å². The Hall–Kier alpha value is -2.48. The lowest BCUT2D eigenvalue weighted by atomic mass is 9.95. The molecule has 1 aromatic carbocycles. The van der Waals surface area contributed by atoms with Crippen LogP contribution in [-0.2, 0) is 4.74 Å². The molecule has 1 aliphatic rings. The van der Waals surface area contributed by atoms with Crippen LogP contribution in [0.25, 0.3) is 0 Å². The number of nitrogens with zero attached hydrogens (tertiary/aromatic N) is 3. The van der Waals surface area contributed by atoms with Gasteiger partial charge < -0.3 is 24.7 Å². The van der Waals surface area contributed by atoms with Gasteiger partial charge in [-0.15, -0.1) is 5.10 Å². The van der Waals surface area contributed by atoms with Gasteiger partial charge in [0.25, 0.3) is 0 Å². The van der Waals surface area contributed by atoms with Crippen LogP contribution < -0.4 is 19.9 Å². The lowest BCUT2D eigenvalue weighted by Gasteiger charge is -2.30. The summed E-state index contributed by atoms with van der Waals surface area (Å²) < 4.78 is 23.8. The summed E-state index contributed by atoms with van der Waals surface area (Å²) in [6.45, 7) is 0. The Balaban J connectivity index is 2.12. The standard InChI is InChI=1S/C16H22N4O4/c1-21-11-7-5-9(13(23-3)14(11)24-4)10-6-8-12(22-2)15-18-16(17)19-20(10)15/h5,7,10,12H,6,8H2,1-4H3,(H2,17,19). The van der Waals surface area contributed by atoms with Gasteiger partial charge in [0.05, 0.1) is 27.4 Å². The second-order valence-electron chi connectivity index (χ2n) is 5.51. The third kappa shape index (κ3) is 2.52. The highest BCUT2D eigenvalue weighted by Crippen LogP contribution is 2.46. The van der Waals surface area contributed by atoms with Crippen LogP contribution in [0.1, 0.15) is 36.4 Å². The number of aromatic nitrogens is 3. The fourth-order valence-electron chi connectivity index (χ4n) is 3.26. The minimum absolute atomic E-state index is 0.0639. The lowest BCUT2D eigenvalue weighted by Crippen LogP contribution is -2.25. The monoisotopic (exact) mass is 334 g/mol. The Morgan fingerprint density at radius 1 is 1.04 bits per heavy atom. The van der Waals surface area contributed by atoms with Crippen LogP contribution in [0.5, 0.6) is 17.2 Å². The van der Waals surface area contributed by atoms with E-state index in [0.717, 1.165) is 24.2 Å². The summed E-state index contributed by atoms with van der Waals surface area (Å²) in [4.78, 5) is 4.32. The number of nitrogen functional groups attached to an aromatic ring is 1. The van der Waals surface area contributed by atoms with Crippen molar-refractivity contribution in [1.82, 2.24) is 14.8 Å². The molecule has 8 nitrogen and oxygen atoms in total. The molecule has 130 valence electrons. The molecule has 2 heterocycles. The summed E-state index contributed by atoms with van der Waals surface area (Å²) in [5.74, 6) is 2.75. The Bertz CT molecular complexity index is 731. The van der Waals surface area contributed by atoms with E-state index in [9.17, 15) is 0 Å². The molecule has 0 spiro atoms. The summed E-state index contributed by atoms with van der Waals surface area (Å²) in [6, 6.07) is 3.75. The van der Waals surface area contributed by atoms with Crippen LogP contribution in [0.4, 0.5) is 5.95 Å². The molecule has 1 aliphatic heterocycles. The van der Waals surface area contributed by atoms with Gasteiger partial charge in [-0.3, -0.25) is 0 Å². The van der Waals surface area contributed by atoms with Crippen LogP contribution >= 0.6 is 0 Å². The van der Waals surface area contributed by atoms with Crippen molar-refractivity contribution < 1.29 is 18.9 Å². The molecule has 1 aromatic heterocycles. The number of hydrogen-bond acceptors (Lipinski definition) is 7. The Morgan fingerprint density at radius 3 is 2.42 bits per heavy atom. The van der Waals surface area contributed by atoms with Crippen molar-refractivity contribution in [2.24, 2.45) is 0 Å². The molecule has 2 N–H and O–H groups in total. The number of ether oxygens (including phenoxy) is 4. The summed E-state index contributed by atoms with van der Waals surface area (Å²) >= 11 is 0. The topological polar surface area (TPSA) is 93.7 Å². The summed E-state index contributed by atoms with van der Waals surface area (Å²) in [5.41, 5.74) is 6.75. The predicted octanol–water partition coefficient (Wildman–Crippen LogP) is 1.96. The van der Waals surface area contributed by atoms with Gasteiger partial charge in [-0.05, 0) is 25.0 Å². The second-order valence-corrected chi connectivity index (χ2v) is 5.51. The molecule has 0 fully saturated rings. The first-order valence-electron chi connectivity index (χ1n) is 7.68. The summed E-state index contributed by atoms with van der Waals surface area (Å²) in [6.07, 6.45) is 1.52. The zero-order chi connectivity index (χ0) is 17.3. The highest BCUT2D eigenvalue weighted by atomic mass is 16.5. The van der Waals surface area contributed by atoms with Crippen molar-refractivity contribution in [2.75, 3.05) is 34.2 Å². The smallest absolute Gasteiger partial charge is 0.239 e. The third-order valence-electron chi connectivity index (χ3n) is 4.34. The molecule has 3 rings (SSSR count). The Kier molecular flexibility index (Phi) is 4.48. The molecule has 2 atom stereocenters. The maximum absolute atomic E-state index is 5.81. The van der Waals surface area contributed by atoms with E-state index >= 15 is 0 Å². The average Bonchev–Trinajstić information content (AvgIpc) is 3.00. The van der Waals surface area contributed by atoms with Crippen molar-refractivity contribution in [3.63, 3.8) is 0 Å². The maximum Gasteiger partial charge on any atom is 0.239 e. The van der Waals surface area contributed by atoms with Crippen LogP contribution in [-0.4, -0.2) is 43.2 Å². The molecule has 0 aliphatic carbocycles. The van der Waals surface area contributed by atoms with E-state index in [2.05, 4.69) is 10.1 Å². The SMILES string of the molecule is COc1ccc(C2CCC(OC)c3nc(N)nn32)c(OC)c1OC. The lowest BCUT2D eigenvalue weighted by molar-refractivity contribution is 0.0646. The van der Waals surface area contributed by atoms with Crippen molar-refractivity contribution >= 4 is 5.95 Å². The first-order valence-corrected chi connectivity index (χ1v) is 7.68. The fourth-order valence-corrected chi connectivity index (χ4v) is 3.26. The van der Waals surface area contributed by atoms with Gasteiger partial charge in [0.1, 0.15) is 6.10 Å². The molecule has 0 radical (unpaired) electrons. The van der Waals surface area contributed by atoms with Crippen LogP contribution in [0.3, 0.4) is 0 Å². The van der Waals surface area contributed by atoms with Crippen molar-refractivity contribution in [3.8, 4) is 17.2 Å². The summed E-state index contributed by atoms with van der Waals surface area (Å²) in [7, 11) is 6.46. The van der Waals surface area contributed by atoms with E-state index in [1.165, 1.54) is 0 Å². The predicted molar refractivity (Wildman–Crippen MR) is 87.7 cm³/mol. The molecule has 0 bridgehead atoms. The van der Waals surface area contributed by atoms with E-state index in [1.807, 2.05) is 16.8 Å². The molecule has 0 amide bonds. The van der Waals surface area contributed by atoms with Crippen LogP contribution in [0, 0.1) is 0 Å². The normalized spacial score (nSPS) is 19.7. The van der Waals surface area contributed by atoms with Gasteiger partial charge in [0.2, 0.25) is 11.7 Å². The van der Waals surface area contributed by atoms with E-state index < -0.39 is 0 Å². The Morgan fingerprint density at radius 2 is 1.79 bits per heavy atom. The molecule has 2 unspecified atom stereocenters. The maximum atomic E-state index is 5.81. The van der Waals surface area contributed by atoms with Gasteiger partial charge in [-0.1, -0.05) is 0 Å². The van der Waals surface area contributed by atoms with E-state index in [1.54, 1.807) is 28.4 Å². The third-order valence-corrected chi connectivity index (χ3v) is 4.34. The molecule has 0 saturated carbocycles. The number of benzene rings is 1. The van der Waals surface area contributed by atoms with Gasteiger partial charge in [0.15, 0.2) is 17.3 Å². The van der Waals surface area contributed by atoms with E-state index in [4.69, 9.17) is 24.7 Å². The Labute approximate surface area is 140 Å². The number of methoxy groups -OCH3 is 4. The number of fused-ring (bicyclic) bond motifs is 1. The minimum atomic E-state index is -0.114. The first kappa shape index (κ1) is 16.4. The highest BCUT2D eigenvalue weighted by Gasteiger charge is 2.33. The van der Waals surface area contributed by atoms with E-state index in [-0.39, 0.29) is 18.1 Å². The number of hydrogen-bond donors (Lipinski definition) is 1. The first-order chi connectivity index (χ1) is 11.6. The zero-order valence-electron chi connectivity index (χ0n) is 14.3. The van der Waals surface area contributed by atoms with Crippen molar-refractivity contribution in [1.29, 1.82) is 0 Å². The fraction of sp³-hybridized carbons (Fsp3) is 0.500. The average molecular weight is 334 g/mol. The van der Waals surface area contributed by atoms with Crippen molar-refractivity contribution in [2.45, 2.75) is 25.0 Å². The summed E-state index contributed by atoms with van der Waals surface area (Å²) in [5, 5.41) is 4.36. The molecule has 8 heteroatoms.